The van der Waals surface area contributed by atoms with Crippen molar-refractivity contribution in [2.24, 2.45) is 0 Å². The van der Waals surface area contributed by atoms with E-state index in [1.54, 1.807) is 46.8 Å². The van der Waals surface area contributed by atoms with Gasteiger partial charge in [0.1, 0.15) is 23.5 Å². The second kappa shape index (κ2) is 10.3. The van der Waals surface area contributed by atoms with E-state index in [0.717, 1.165) is 10.6 Å². The van der Waals surface area contributed by atoms with E-state index >= 15 is 0 Å². The Balaban J connectivity index is 2.15. The highest BCUT2D eigenvalue weighted by Gasteiger charge is 2.54. The van der Waals surface area contributed by atoms with Crippen LogP contribution < -0.4 is 0 Å². The van der Waals surface area contributed by atoms with Crippen LogP contribution >= 0.6 is 0 Å². The molecule has 0 spiro atoms. The van der Waals surface area contributed by atoms with Gasteiger partial charge in [0.05, 0.1) is 20.3 Å². The number of amides is 2. The monoisotopic (exact) mass is 434 g/mol. The van der Waals surface area contributed by atoms with Gasteiger partial charge in [-0.15, -0.1) is 0 Å². The van der Waals surface area contributed by atoms with E-state index in [0.29, 0.717) is 13.2 Å². The Labute approximate surface area is 184 Å². The van der Waals surface area contributed by atoms with E-state index in [1.165, 1.54) is 19.1 Å². The Morgan fingerprint density at radius 2 is 1.87 bits per heavy atom. The van der Waals surface area contributed by atoms with E-state index in [1.807, 2.05) is 30.3 Å². The van der Waals surface area contributed by atoms with Crippen LogP contribution in [0.3, 0.4) is 0 Å². The summed E-state index contributed by atoms with van der Waals surface area (Å²) in [5.74, 6) is -0.418. The first-order valence-electron chi connectivity index (χ1n) is 10.3. The lowest BCUT2D eigenvalue weighted by molar-refractivity contribution is -0.174. The van der Waals surface area contributed by atoms with Gasteiger partial charge in [0.2, 0.25) is 0 Å². The quantitative estimate of drug-likeness (QED) is 0.371. The van der Waals surface area contributed by atoms with Crippen LogP contribution in [0, 0.1) is 0 Å². The molecule has 8 heteroatoms. The van der Waals surface area contributed by atoms with Gasteiger partial charge in [0, 0.05) is 7.05 Å². The summed E-state index contributed by atoms with van der Waals surface area (Å²) in [6.45, 7) is 9.58. The highest BCUT2D eigenvalue weighted by molar-refractivity contribution is 5.87. The Morgan fingerprint density at radius 1 is 1.23 bits per heavy atom. The summed E-state index contributed by atoms with van der Waals surface area (Å²) >= 11 is 0. The molecule has 2 rings (SSSR count). The molecule has 0 saturated carbocycles. The molecule has 1 fully saturated rings. The van der Waals surface area contributed by atoms with Crippen molar-refractivity contribution < 1.29 is 28.6 Å². The normalized spacial score (nSPS) is 20.8. The number of hydrogen-bond acceptors (Lipinski definition) is 6. The minimum Gasteiger partial charge on any atom is -0.444 e. The standard InChI is InChI=1S/C23H34N2O6/c1-22(2,3)31-21(27)25-19(20(26)24(6)28-7)18(30-23(25,4)5)14-11-15-29-16-17-12-9-8-10-13-17/h8-14,18-19H,15-16H2,1-7H3/b14-11+/t18-,19+/m1/s1. The maximum Gasteiger partial charge on any atom is 0.413 e. The maximum absolute atomic E-state index is 13.0. The highest BCUT2D eigenvalue weighted by atomic mass is 16.7. The van der Waals surface area contributed by atoms with Crippen molar-refractivity contribution >= 4 is 12.0 Å². The van der Waals surface area contributed by atoms with Crippen molar-refractivity contribution in [2.45, 2.75) is 64.7 Å². The summed E-state index contributed by atoms with van der Waals surface area (Å²) in [5.41, 5.74) is -0.704. The fourth-order valence-corrected chi connectivity index (χ4v) is 3.26. The van der Waals surface area contributed by atoms with Crippen LogP contribution in [0.4, 0.5) is 4.79 Å². The predicted octanol–water partition coefficient (Wildman–Crippen LogP) is 3.52. The summed E-state index contributed by atoms with van der Waals surface area (Å²) < 4.78 is 17.3. The lowest BCUT2D eigenvalue weighted by atomic mass is 10.1. The fourth-order valence-electron chi connectivity index (χ4n) is 3.26. The molecular weight excluding hydrogens is 400 g/mol. The van der Waals surface area contributed by atoms with Crippen LogP contribution in [0.15, 0.2) is 42.5 Å². The van der Waals surface area contributed by atoms with E-state index < -0.39 is 35.5 Å². The molecule has 1 heterocycles. The first-order valence-corrected chi connectivity index (χ1v) is 10.3. The molecule has 31 heavy (non-hydrogen) atoms. The zero-order valence-corrected chi connectivity index (χ0v) is 19.5. The number of rotatable bonds is 7. The first-order chi connectivity index (χ1) is 14.5. The number of ether oxygens (including phenoxy) is 3. The van der Waals surface area contributed by atoms with Gasteiger partial charge >= 0.3 is 6.09 Å². The zero-order chi connectivity index (χ0) is 23.2. The summed E-state index contributed by atoms with van der Waals surface area (Å²) in [4.78, 5) is 32.4. The summed E-state index contributed by atoms with van der Waals surface area (Å²) in [7, 11) is 2.88. The Bertz CT molecular complexity index is 772. The molecule has 0 radical (unpaired) electrons. The van der Waals surface area contributed by atoms with Gasteiger partial charge in [-0.1, -0.05) is 42.5 Å². The molecule has 0 aromatic heterocycles. The second-order valence-electron chi connectivity index (χ2n) is 8.77. The molecule has 1 saturated heterocycles. The maximum atomic E-state index is 13.0. The Hall–Kier alpha value is -2.42. The smallest absolute Gasteiger partial charge is 0.413 e. The second-order valence-corrected chi connectivity index (χ2v) is 8.77. The number of likely N-dealkylation sites (N-methyl/N-ethyl adjacent to an activating group) is 1. The predicted molar refractivity (Wildman–Crippen MR) is 116 cm³/mol. The van der Waals surface area contributed by atoms with Gasteiger partial charge in [-0.3, -0.25) is 14.5 Å². The lowest BCUT2D eigenvalue weighted by Crippen LogP contribution is -2.55. The third kappa shape index (κ3) is 6.78. The molecule has 0 bridgehead atoms. The lowest BCUT2D eigenvalue weighted by Gasteiger charge is -2.35. The molecule has 2 amide bonds. The number of hydroxylamine groups is 2. The molecular formula is C23H34N2O6. The molecule has 1 aromatic rings. The molecule has 1 aliphatic rings. The molecule has 0 unspecified atom stereocenters. The van der Waals surface area contributed by atoms with Crippen molar-refractivity contribution in [3.05, 3.63) is 48.0 Å². The third-order valence-corrected chi connectivity index (χ3v) is 4.67. The van der Waals surface area contributed by atoms with E-state index in [4.69, 9.17) is 19.0 Å². The van der Waals surface area contributed by atoms with Crippen molar-refractivity contribution in [1.29, 1.82) is 0 Å². The van der Waals surface area contributed by atoms with Gasteiger partial charge in [-0.05, 0) is 40.2 Å². The Kier molecular flexibility index (Phi) is 8.22. The third-order valence-electron chi connectivity index (χ3n) is 4.67. The van der Waals surface area contributed by atoms with E-state index in [-0.39, 0.29) is 0 Å². The Morgan fingerprint density at radius 3 is 2.45 bits per heavy atom. The van der Waals surface area contributed by atoms with Crippen molar-refractivity contribution in [1.82, 2.24) is 9.96 Å². The van der Waals surface area contributed by atoms with E-state index in [9.17, 15) is 9.59 Å². The molecule has 0 N–H and O–H groups in total. The zero-order valence-electron chi connectivity index (χ0n) is 19.5. The minimum absolute atomic E-state index is 0.336. The van der Waals surface area contributed by atoms with Gasteiger partial charge in [-0.2, -0.15) is 0 Å². The van der Waals surface area contributed by atoms with Crippen molar-refractivity contribution in [2.75, 3.05) is 20.8 Å². The average Bonchev–Trinajstić information content (AvgIpc) is 2.96. The van der Waals surface area contributed by atoms with Gasteiger partial charge in [-0.25, -0.2) is 9.86 Å². The van der Waals surface area contributed by atoms with Crippen LogP contribution in [0.1, 0.15) is 40.2 Å². The topological polar surface area (TPSA) is 77.5 Å². The number of benzene rings is 1. The largest absolute Gasteiger partial charge is 0.444 e. The van der Waals surface area contributed by atoms with Gasteiger partial charge < -0.3 is 14.2 Å². The molecule has 2 atom stereocenters. The summed E-state index contributed by atoms with van der Waals surface area (Å²) in [6, 6.07) is 8.89. The fraction of sp³-hybridized carbons (Fsp3) is 0.565. The summed E-state index contributed by atoms with van der Waals surface area (Å²) in [6.07, 6.45) is 2.21. The molecule has 1 aliphatic heterocycles. The van der Waals surface area contributed by atoms with Crippen molar-refractivity contribution in [3.8, 4) is 0 Å². The van der Waals surface area contributed by atoms with Crippen LogP contribution in [0.2, 0.25) is 0 Å². The first kappa shape index (κ1) is 24.8. The van der Waals surface area contributed by atoms with E-state index in [2.05, 4.69) is 0 Å². The highest BCUT2D eigenvalue weighted by Crippen LogP contribution is 2.35. The van der Waals surface area contributed by atoms with Crippen LogP contribution in [-0.4, -0.2) is 66.2 Å². The SMILES string of the molecule is CON(C)C(=O)[C@@H]1[C@@H](/C=C/COCc2ccccc2)OC(C)(C)N1C(=O)OC(C)(C)C. The van der Waals surface area contributed by atoms with Crippen LogP contribution in [0.5, 0.6) is 0 Å². The van der Waals surface area contributed by atoms with Crippen LogP contribution in [-0.2, 0) is 30.4 Å². The number of carbonyl (C=O) groups excluding carboxylic acids is 2. The van der Waals surface area contributed by atoms with Gasteiger partial charge in [0.15, 0.2) is 0 Å². The van der Waals surface area contributed by atoms with Gasteiger partial charge in [0.25, 0.3) is 5.91 Å². The number of hydrogen-bond donors (Lipinski definition) is 0. The molecule has 0 aliphatic carbocycles. The minimum atomic E-state index is -1.06. The number of carbonyl (C=O) groups is 2. The van der Waals surface area contributed by atoms with Crippen LogP contribution in [0.25, 0.3) is 0 Å². The number of nitrogens with zero attached hydrogens (tertiary/aromatic N) is 2. The summed E-state index contributed by atoms with van der Waals surface area (Å²) in [5, 5.41) is 1.08. The molecule has 8 nitrogen and oxygen atoms in total. The van der Waals surface area contributed by atoms with Crippen molar-refractivity contribution in [3.63, 3.8) is 0 Å². The average molecular weight is 435 g/mol. The molecule has 1 aromatic carbocycles. The molecule has 172 valence electrons.